The van der Waals surface area contributed by atoms with Crippen LogP contribution in [0.15, 0.2) is 30.3 Å². The zero-order valence-electron chi connectivity index (χ0n) is 12.4. The van der Waals surface area contributed by atoms with Crippen LogP contribution in [0, 0.1) is 0 Å². The van der Waals surface area contributed by atoms with E-state index < -0.39 is 0 Å². The molecule has 0 spiro atoms. The molecule has 118 valence electrons. The van der Waals surface area contributed by atoms with E-state index in [9.17, 15) is 9.90 Å². The summed E-state index contributed by atoms with van der Waals surface area (Å²) >= 11 is 0. The highest BCUT2D eigenvalue weighted by molar-refractivity contribution is 5.85. The van der Waals surface area contributed by atoms with Gasteiger partial charge in [0.05, 0.1) is 12.1 Å². The molecular weight excluding hydrogens is 288 g/mol. The van der Waals surface area contributed by atoms with Crippen molar-refractivity contribution in [1.82, 2.24) is 10.6 Å². The lowest BCUT2D eigenvalue weighted by Crippen LogP contribution is -2.42. The highest BCUT2D eigenvalue weighted by atomic mass is 35.5. The van der Waals surface area contributed by atoms with Crippen LogP contribution >= 0.6 is 12.4 Å². The average molecular weight is 313 g/mol. The third-order valence-corrected chi connectivity index (χ3v) is 3.80. The molecule has 0 radical (unpaired) electrons. The molecule has 1 saturated heterocycles. The van der Waals surface area contributed by atoms with Crippen LogP contribution in [0.25, 0.3) is 0 Å². The number of aliphatic hydroxyl groups is 1. The Morgan fingerprint density at radius 1 is 1.43 bits per heavy atom. The Bertz CT molecular complexity index is 420. The van der Waals surface area contributed by atoms with E-state index in [2.05, 4.69) is 10.6 Å². The van der Waals surface area contributed by atoms with Gasteiger partial charge in [-0.25, -0.2) is 0 Å². The molecule has 3 unspecified atom stereocenters. The molecule has 21 heavy (non-hydrogen) atoms. The van der Waals surface area contributed by atoms with Gasteiger partial charge in [-0.05, 0) is 38.3 Å². The Labute approximate surface area is 132 Å². The smallest absolute Gasteiger partial charge is 0.237 e. The van der Waals surface area contributed by atoms with E-state index >= 15 is 0 Å². The molecule has 3 N–H and O–H groups in total. The largest absolute Gasteiger partial charge is 0.393 e. The van der Waals surface area contributed by atoms with Crippen LogP contribution in [0.5, 0.6) is 0 Å². The first kappa shape index (κ1) is 18.0. The van der Waals surface area contributed by atoms with Crippen LogP contribution in [-0.2, 0) is 4.79 Å². The van der Waals surface area contributed by atoms with E-state index in [1.165, 1.54) is 0 Å². The third-order valence-electron chi connectivity index (χ3n) is 3.80. The lowest BCUT2D eigenvalue weighted by molar-refractivity contribution is -0.122. The summed E-state index contributed by atoms with van der Waals surface area (Å²) in [6.07, 6.45) is 2.26. The van der Waals surface area contributed by atoms with E-state index in [4.69, 9.17) is 0 Å². The number of benzene rings is 1. The molecule has 1 heterocycles. The maximum atomic E-state index is 12.0. The van der Waals surface area contributed by atoms with Crippen LogP contribution in [0.3, 0.4) is 0 Å². The Balaban J connectivity index is 0.00000220. The van der Waals surface area contributed by atoms with Gasteiger partial charge in [-0.2, -0.15) is 0 Å². The Morgan fingerprint density at radius 3 is 2.71 bits per heavy atom. The van der Waals surface area contributed by atoms with Crippen molar-refractivity contribution in [2.75, 3.05) is 13.1 Å². The topological polar surface area (TPSA) is 61.4 Å². The maximum absolute atomic E-state index is 12.0. The highest BCUT2D eigenvalue weighted by Gasteiger charge is 2.23. The Hall–Kier alpha value is -1.10. The van der Waals surface area contributed by atoms with Crippen molar-refractivity contribution in [3.05, 3.63) is 35.9 Å². The summed E-state index contributed by atoms with van der Waals surface area (Å²) in [5.41, 5.74) is 1.16. The molecule has 1 aliphatic heterocycles. The lowest BCUT2D eigenvalue weighted by atomic mass is 9.93. The molecule has 2 rings (SSSR count). The van der Waals surface area contributed by atoms with Crippen molar-refractivity contribution < 1.29 is 9.90 Å². The summed E-state index contributed by atoms with van der Waals surface area (Å²) in [6, 6.07) is 10.0. The number of aliphatic hydroxyl groups excluding tert-OH is 1. The van der Waals surface area contributed by atoms with Crippen LogP contribution in [0.2, 0.25) is 0 Å². The minimum Gasteiger partial charge on any atom is -0.393 e. The van der Waals surface area contributed by atoms with Gasteiger partial charge in [0.1, 0.15) is 0 Å². The fourth-order valence-electron chi connectivity index (χ4n) is 2.73. The molecule has 3 atom stereocenters. The number of carbonyl (C=O) groups excluding carboxylic acids is 1. The second-order valence-corrected chi connectivity index (χ2v) is 5.59. The minimum absolute atomic E-state index is 0. The first-order valence-electron chi connectivity index (χ1n) is 7.41. The minimum atomic E-state index is -0.373. The zero-order valence-corrected chi connectivity index (χ0v) is 13.2. The maximum Gasteiger partial charge on any atom is 0.237 e. The van der Waals surface area contributed by atoms with Crippen LogP contribution in [0.4, 0.5) is 0 Å². The second-order valence-electron chi connectivity index (χ2n) is 5.59. The molecule has 0 bridgehead atoms. The number of amides is 1. The number of carbonyl (C=O) groups is 1. The molecule has 1 amide bonds. The predicted molar refractivity (Wildman–Crippen MR) is 86.8 cm³/mol. The molecule has 1 fully saturated rings. The normalized spacial score (nSPS) is 20.4. The van der Waals surface area contributed by atoms with Gasteiger partial charge < -0.3 is 15.7 Å². The van der Waals surface area contributed by atoms with E-state index in [1.807, 2.05) is 30.3 Å². The van der Waals surface area contributed by atoms with E-state index in [0.717, 1.165) is 24.9 Å². The molecule has 0 aromatic heterocycles. The number of hydrogen-bond donors (Lipinski definition) is 3. The predicted octanol–water partition coefficient (Wildman–Crippen LogP) is 1.83. The van der Waals surface area contributed by atoms with Crippen molar-refractivity contribution in [3.63, 3.8) is 0 Å². The van der Waals surface area contributed by atoms with Gasteiger partial charge in [0.2, 0.25) is 5.91 Å². The van der Waals surface area contributed by atoms with Crippen molar-refractivity contribution in [3.8, 4) is 0 Å². The Kier molecular flexibility index (Phi) is 7.72. The fourth-order valence-corrected chi connectivity index (χ4v) is 2.73. The van der Waals surface area contributed by atoms with Gasteiger partial charge in [0, 0.05) is 12.5 Å². The zero-order chi connectivity index (χ0) is 14.4. The van der Waals surface area contributed by atoms with Gasteiger partial charge in [-0.1, -0.05) is 30.3 Å². The van der Waals surface area contributed by atoms with Crippen molar-refractivity contribution in [1.29, 1.82) is 0 Å². The summed E-state index contributed by atoms with van der Waals surface area (Å²) in [4.78, 5) is 12.0. The number of hydrogen-bond acceptors (Lipinski definition) is 3. The molecule has 4 nitrogen and oxygen atoms in total. The summed E-state index contributed by atoms with van der Waals surface area (Å²) in [7, 11) is 0. The molecule has 1 aliphatic rings. The molecule has 5 heteroatoms. The summed E-state index contributed by atoms with van der Waals surface area (Å²) < 4.78 is 0. The highest BCUT2D eigenvalue weighted by Crippen LogP contribution is 2.20. The molecular formula is C16H25ClN2O2. The van der Waals surface area contributed by atoms with Gasteiger partial charge >= 0.3 is 0 Å². The standard InChI is InChI=1S/C16H24N2O2.ClH/c1-12(19)10-14(13-6-3-2-4-7-13)11-18-16(20)15-8-5-9-17-15;/h2-4,6-7,12,14-15,17,19H,5,8-11H2,1H3,(H,18,20);1H. The van der Waals surface area contributed by atoms with Crippen molar-refractivity contribution in [2.24, 2.45) is 0 Å². The third kappa shape index (κ3) is 5.65. The number of halogens is 1. The molecule has 0 aliphatic carbocycles. The molecule has 0 saturated carbocycles. The van der Waals surface area contributed by atoms with Crippen LogP contribution in [0.1, 0.15) is 37.7 Å². The van der Waals surface area contributed by atoms with Crippen molar-refractivity contribution >= 4 is 18.3 Å². The molecule has 1 aromatic carbocycles. The SMILES string of the molecule is CC(O)CC(CNC(=O)C1CCCN1)c1ccccc1.Cl. The lowest BCUT2D eigenvalue weighted by Gasteiger charge is -2.21. The fraction of sp³-hybridized carbons (Fsp3) is 0.562. The summed E-state index contributed by atoms with van der Waals surface area (Å²) in [5, 5.41) is 15.9. The van der Waals surface area contributed by atoms with Gasteiger partial charge in [-0.3, -0.25) is 4.79 Å². The first-order chi connectivity index (χ1) is 9.66. The number of nitrogens with one attached hydrogen (secondary N) is 2. The van der Waals surface area contributed by atoms with Crippen LogP contribution in [-0.4, -0.2) is 36.2 Å². The van der Waals surface area contributed by atoms with Gasteiger partial charge in [0.25, 0.3) is 0 Å². The Morgan fingerprint density at radius 2 is 2.14 bits per heavy atom. The van der Waals surface area contributed by atoms with Gasteiger partial charge in [-0.15, -0.1) is 12.4 Å². The summed E-state index contributed by atoms with van der Waals surface area (Å²) in [6.45, 7) is 3.29. The quantitative estimate of drug-likeness (QED) is 0.751. The van der Waals surface area contributed by atoms with E-state index in [1.54, 1.807) is 6.92 Å². The summed E-state index contributed by atoms with van der Waals surface area (Å²) in [5.74, 6) is 0.232. The monoisotopic (exact) mass is 312 g/mol. The van der Waals surface area contributed by atoms with Crippen molar-refractivity contribution in [2.45, 2.75) is 44.2 Å². The van der Waals surface area contributed by atoms with Gasteiger partial charge in [0.15, 0.2) is 0 Å². The molecule has 1 aromatic rings. The first-order valence-corrected chi connectivity index (χ1v) is 7.41. The number of rotatable bonds is 6. The van der Waals surface area contributed by atoms with Crippen LogP contribution < -0.4 is 10.6 Å². The van der Waals surface area contributed by atoms with E-state index in [-0.39, 0.29) is 36.4 Å². The average Bonchev–Trinajstić information content (AvgIpc) is 2.98. The second kappa shape index (κ2) is 9.03. The van der Waals surface area contributed by atoms with E-state index in [0.29, 0.717) is 13.0 Å².